The number of carbonyl (C=O) groups is 2. The van der Waals surface area contributed by atoms with Crippen molar-refractivity contribution in [1.29, 1.82) is 0 Å². The van der Waals surface area contributed by atoms with E-state index in [1.165, 1.54) is 24.4 Å². The maximum Gasteiger partial charge on any atom is 0.352 e. The quantitative estimate of drug-likeness (QED) is 0.568. The molecule has 1 aromatic carbocycles. The maximum absolute atomic E-state index is 13.2. The van der Waals surface area contributed by atoms with E-state index in [-0.39, 0.29) is 22.5 Å². The molecule has 2 aromatic rings. The second kappa shape index (κ2) is 4.33. The highest BCUT2D eigenvalue weighted by molar-refractivity contribution is 6.10. The summed E-state index contributed by atoms with van der Waals surface area (Å²) in [6, 6.07) is 4.88. The zero-order valence-electron chi connectivity index (χ0n) is 9.11. The molecule has 0 radical (unpaired) electrons. The first kappa shape index (κ1) is 11.8. The van der Waals surface area contributed by atoms with Gasteiger partial charge in [0.15, 0.2) is 5.78 Å². The normalized spacial score (nSPS) is 10.3. The maximum atomic E-state index is 13.2. The first-order valence-corrected chi connectivity index (χ1v) is 5.00. The van der Waals surface area contributed by atoms with E-state index in [0.29, 0.717) is 0 Å². The Morgan fingerprint density at radius 2 is 1.94 bits per heavy atom. The molecule has 18 heavy (non-hydrogen) atoms. The van der Waals surface area contributed by atoms with Crippen molar-refractivity contribution in [3.63, 3.8) is 0 Å². The molecule has 0 atom stereocenters. The third-order valence-electron chi connectivity index (χ3n) is 2.44. The topological polar surface area (TPSA) is 96.2 Å². The Morgan fingerprint density at radius 3 is 2.50 bits per heavy atom. The largest absolute Gasteiger partial charge is 0.477 e. The van der Waals surface area contributed by atoms with Crippen LogP contribution in [0.2, 0.25) is 0 Å². The number of H-pyrrole nitrogens is 1. The lowest BCUT2D eigenvalue weighted by molar-refractivity contribution is 0.0691. The van der Waals surface area contributed by atoms with E-state index in [2.05, 4.69) is 4.98 Å². The van der Waals surface area contributed by atoms with Gasteiger partial charge in [0.1, 0.15) is 11.5 Å². The molecular weight excluding hydrogens is 239 g/mol. The van der Waals surface area contributed by atoms with Gasteiger partial charge in [-0.15, -0.1) is 0 Å². The molecule has 4 N–H and O–H groups in total. The predicted octanol–water partition coefficient (Wildman–Crippen LogP) is 1.67. The average molecular weight is 248 g/mol. The van der Waals surface area contributed by atoms with Crippen LogP contribution in [0.5, 0.6) is 0 Å². The van der Waals surface area contributed by atoms with Crippen LogP contribution in [0.4, 0.5) is 10.1 Å². The van der Waals surface area contributed by atoms with Gasteiger partial charge in [0, 0.05) is 17.3 Å². The van der Waals surface area contributed by atoms with Crippen LogP contribution in [0.3, 0.4) is 0 Å². The van der Waals surface area contributed by atoms with Gasteiger partial charge in [-0.3, -0.25) is 4.79 Å². The van der Waals surface area contributed by atoms with Crippen LogP contribution in [0, 0.1) is 5.82 Å². The summed E-state index contributed by atoms with van der Waals surface area (Å²) in [5.74, 6) is -2.33. The number of hydrogen-bond donors (Lipinski definition) is 3. The standard InChI is InChI=1S/C12H9FN2O3/c13-8-3-6(1-2-9(8)14)11(16)7-4-10(12(17)18)15-5-7/h1-5,15H,14H2,(H,17,18). The Labute approximate surface area is 101 Å². The fraction of sp³-hybridized carbons (Fsp3) is 0. The smallest absolute Gasteiger partial charge is 0.352 e. The van der Waals surface area contributed by atoms with Crippen LogP contribution in [0.25, 0.3) is 0 Å². The number of rotatable bonds is 3. The summed E-state index contributed by atoms with van der Waals surface area (Å²) in [7, 11) is 0. The number of carboxylic acids is 1. The third kappa shape index (κ3) is 2.08. The summed E-state index contributed by atoms with van der Waals surface area (Å²) in [4.78, 5) is 25.0. The number of halogens is 1. The lowest BCUT2D eigenvalue weighted by Gasteiger charge is -2.00. The van der Waals surface area contributed by atoms with Crippen LogP contribution in [-0.4, -0.2) is 21.8 Å². The predicted molar refractivity (Wildman–Crippen MR) is 62.0 cm³/mol. The molecule has 6 heteroatoms. The summed E-state index contributed by atoms with van der Waals surface area (Å²) < 4.78 is 13.2. The van der Waals surface area contributed by atoms with Crippen molar-refractivity contribution in [3.05, 3.63) is 53.1 Å². The SMILES string of the molecule is Nc1ccc(C(=O)c2c[nH]c(C(=O)O)c2)cc1F. The van der Waals surface area contributed by atoms with Gasteiger partial charge in [-0.05, 0) is 24.3 Å². The highest BCUT2D eigenvalue weighted by atomic mass is 19.1. The van der Waals surface area contributed by atoms with Gasteiger partial charge < -0.3 is 15.8 Å². The van der Waals surface area contributed by atoms with Crippen molar-refractivity contribution in [1.82, 2.24) is 4.98 Å². The molecule has 0 amide bonds. The van der Waals surface area contributed by atoms with E-state index in [1.54, 1.807) is 0 Å². The Kier molecular flexibility index (Phi) is 2.85. The number of aromatic carboxylic acids is 1. The van der Waals surface area contributed by atoms with Gasteiger partial charge in [-0.2, -0.15) is 0 Å². The third-order valence-corrected chi connectivity index (χ3v) is 2.44. The van der Waals surface area contributed by atoms with E-state index in [4.69, 9.17) is 10.8 Å². The highest BCUT2D eigenvalue weighted by Crippen LogP contribution is 2.16. The lowest BCUT2D eigenvalue weighted by atomic mass is 10.1. The number of nitrogens with one attached hydrogen (secondary N) is 1. The first-order valence-electron chi connectivity index (χ1n) is 5.00. The van der Waals surface area contributed by atoms with Crippen LogP contribution >= 0.6 is 0 Å². The molecule has 0 fully saturated rings. The summed E-state index contributed by atoms with van der Waals surface area (Å²) in [6.07, 6.45) is 1.26. The second-order valence-electron chi connectivity index (χ2n) is 3.67. The molecule has 1 heterocycles. The summed E-state index contributed by atoms with van der Waals surface area (Å²) in [5.41, 5.74) is 5.41. The average Bonchev–Trinajstić information content (AvgIpc) is 2.81. The molecule has 2 rings (SSSR count). The lowest BCUT2D eigenvalue weighted by Crippen LogP contribution is -2.02. The number of nitrogen functional groups attached to an aromatic ring is 1. The minimum Gasteiger partial charge on any atom is -0.477 e. The van der Waals surface area contributed by atoms with Crippen LogP contribution in [0.15, 0.2) is 30.5 Å². The second-order valence-corrected chi connectivity index (χ2v) is 3.67. The number of carboxylic acid groups (broad SMARTS) is 1. The highest BCUT2D eigenvalue weighted by Gasteiger charge is 2.15. The summed E-state index contributed by atoms with van der Waals surface area (Å²) in [5, 5.41) is 8.71. The minimum absolute atomic E-state index is 0.0492. The number of aromatic nitrogens is 1. The fourth-order valence-corrected chi connectivity index (χ4v) is 1.48. The van der Waals surface area contributed by atoms with E-state index >= 15 is 0 Å². The van der Waals surface area contributed by atoms with Crippen molar-refractivity contribution >= 4 is 17.4 Å². The van der Waals surface area contributed by atoms with E-state index in [1.807, 2.05) is 0 Å². The van der Waals surface area contributed by atoms with Crippen molar-refractivity contribution in [3.8, 4) is 0 Å². The zero-order chi connectivity index (χ0) is 13.3. The monoisotopic (exact) mass is 248 g/mol. The zero-order valence-corrected chi connectivity index (χ0v) is 9.11. The van der Waals surface area contributed by atoms with E-state index in [0.717, 1.165) is 6.07 Å². The van der Waals surface area contributed by atoms with Gasteiger partial charge in [0.2, 0.25) is 0 Å². The number of benzene rings is 1. The number of nitrogens with two attached hydrogens (primary N) is 1. The Hall–Kier alpha value is -2.63. The molecular formula is C12H9FN2O3. The Morgan fingerprint density at radius 1 is 1.22 bits per heavy atom. The summed E-state index contributed by atoms with van der Waals surface area (Å²) >= 11 is 0. The molecule has 5 nitrogen and oxygen atoms in total. The molecule has 0 unspecified atom stereocenters. The molecule has 0 spiro atoms. The van der Waals surface area contributed by atoms with Gasteiger partial charge >= 0.3 is 5.97 Å². The molecule has 0 aliphatic heterocycles. The Balaban J connectivity index is 2.35. The van der Waals surface area contributed by atoms with Crippen LogP contribution < -0.4 is 5.73 Å². The van der Waals surface area contributed by atoms with Crippen molar-refractivity contribution in [2.24, 2.45) is 0 Å². The van der Waals surface area contributed by atoms with E-state index in [9.17, 15) is 14.0 Å². The fourth-order valence-electron chi connectivity index (χ4n) is 1.48. The van der Waals surface area contributed by atoms with Crippen LogP contribution in [-0.2, 0) is 0 Å². The molecule has 0 saturated carbocycles. The molecule has 0 saturated heterocycles. The van der Waals surface area contributed by atoms with Crippen LogP contribution in [0.1, 0.15) is 26.4 Å². The number of ketones is 1. The van der Waals surface area contributed by atoms with Gasteiger partial charge in [-0.25, -0.2) is 9.18 Å². The molecule has 92 valence electrons. The van der Waals surface area contributed by atoms with Crippen molar-refractivity contribution in [2.45, 2.75) is 0 Å². The first-order chi connectivity index (χ1) is 8.49. The molecule has 0 bridgehead atoms. The van der Waals surface area contributed by atoms with Gasteiger partial charge in [0.25, 0.3) is 0 Å². The van der Waals surface area contributed by atoms with Gasteiger partial charge in [-0.1, -0.05) is 0 Å². The number of aromatic amines is 1. The number of carbonyl (C=O) groups excluding carboxylic acids is 1. The van der Waals surface area contributed by atoms with Gasteiger partial charge in [0.05, 0.1) is 5.69 Å². The Bertz CT molecular complexity index is 634. The molecule has 1 aromatic heterocycles. The molecule has 0 aliphatic rings. The van der Waals surface area contributed by atoms with Crippen molar-refractivity contribution < 1.29 is 19.1 Å². The van der Waals surface area contributed by atoms with E-state index < -0.39 is 17.6 Å². The van der Waals surface area contributed by atoms with Crippen molar-refractivity contribution in [2.75, 3.05) is 5.73 Å². The number of anilines is 1. The minimum atomic E-state index is -1.17. The molecule has 0 aliphatic carbocycles. The summed E-state index contributed by atoms with van der Waals surface area (Å²) in [6.45, 7) is 0. The number of hydrogen-bond acceptors (Lipinski definition) is 3.